The highest BCUT2D eigenvalue weighted by Gasteiger charge is 2.37. The fraction of sp³-hybridized carbons (Fsp3) is 0.688. The van der Waals surface area contributed by atoms with Gasteiger partial charge in [-0.2, -0.15) is 0 Å². The molecule has 5 heteroatoms. The first kappa shape index (κ1) is 16.0. The molecule has 0 radical (unpaired) electrons. The van der Waals surface area contributed by atoms with Crippen molar-refractivity contribution in [3.8, 4) is 0 Å². The molecule has 1 aromatic heterocycles. The van der Waals surface area contributed by atoms with Gasteiger partial charge in [-0.1, -0.05) is 0 Å². The smallest absolute Gasteiger partial charge is 0.341 e. The van der Waals surface area contributed by atoms with Crippen molar-refractivity contribution < 1.29 is 13.9 Å². The Bertz CT molecular complexity index is 489. The van der Waals surface area contributed by atoms with Crippen LogP contribution in [0.15, 0.2) is 16.7 Å². The van der Waals surface area contributed by atoms with E-state index in [-0.39, 0.29) is 17.0 Å². The van der Waals surface area contributed by atoms with Crippen molar-refractivity contribution in [1.82, 2.24) is 10.6 Å². The van der Waals surface area contributed by atoms with Crippen LogP contribution in [0.1, 0.15) is 56.7 Å². The van der Waals surface area contributed by atoms with E-state index in [1.165, 1.54) is 13.4 Å². The van der Waals surface area contributed by atoms with Crippen LogP contribution in [-0.2, 0) is 11.3 Å². The van der Waals surface area contributed by atoms with Gasteiger partial charge in [-0.15, -0.1) is 0 Å². The molecule has 1 saturated heterocycles. The van der Waals surface area contributed by atoms with Crippen LogP contribution in [0.3, 0.4) is 0 Å². The van der Waals surface area contributed by atoms with Crippen molar-refractivity contribution >= 4 is 5.97 Å². The number of hydrogen-bond acceptors (Lipinski definition) is 5. The summed E-state index contributed by atoms with van der Waals surface area (Å²) in [6.07, 6.45) is 3.56. The number of esters is 1. The predicted molar refractivity (Wildman–Crippen MR) is 81.2 cm³/mol. The first-order valence-electron chi connectivity index (χ1n) is 7.39. The molecule has 0 unspecified atom stereocenters. The molecule has 2 rings (SSSR count). The van der Waals surface area contributed by atoms with E-state index in [2.05, 4.69) is 43.1 Å². The van der Waals surface area contributed by atoms with Crippen LogP contribution in [0.2, 0.25) is 0 Å². The van der Waals surface area contributed by atoms with Gasteiger partial charge in [0.2, 0.25) is 0 Å². The molecule has 0 aliphatic carbocycles. The molecule has 0 spiro atoms. The van der Waals surface area contributed by atoms with E-state index in [1.807, 2.05) is 0 Å². The van der Waals surface area contributed by atoms with Gasteiger partial charge in [0.05, 0.1) is 19.2 Å². The van der Waals surface area contributed by atoms with Crippen molar-refractivity contribution in [3.05, 3.63) is 23.7 Å². The Labute approximate surface area is 126 Å². The lowest BCUT2D eigenvalue weighted by Gasteiger charge is -2.46. The molecule has 1 aliphatic heterocycles. The highest BCUT2D eigenvalue weighted by Crippen LogP contribution is 2.28. The molecule has 0 aromatic carbocycles. The zero-order valence-electron chi connectivity index (χ0n) is 13.6. The Hall–Kier alpha value is -1.33. The third-order valence-electron chi connectivity index (χ3n) is 3.83. The lowest BCUT2D eigenvalue weighted by molar-refractivity contribution is 0.0600. The van der Waals surface area contributed by atoms with Crippen LogP contribution >= 0.6 is 0 Å². The number of hydrogen-bond donors (Lipinski definition) is 2. The number of nitrogens with one attached hydrogen (secondary N) is 2. The highest BCUT2D eigenvalue weighted by atomic mass is 16.5. The molecule has 21 heavy (non-hydrogen) atoms. The van der Waals surface area contributed by atoms with Crippen LogP contribution in [0, 0.1) is 0 Å². The quantitative estimate of drug-likeness (QED) is 0.835. The number of carbonyl (C=O) groups is 1. The van der Waals surface area contributed by atoms with Gasteiger partial charge in [0.15, 0.2) is 0 Å². The van der Waals surface area contributed by atoms with Crippen LogP contribution in [0.5, 0.6) is 0 Å². The summed E-state index contributed by atoms with van der Waals surface area (Å²) in [5.41, 5.74) is 0.680. The summed E-state index contributed by atoms with van der Waals surface area (Å²) in [7, 11) is 1.37. The lowest BCUT2D eigenvalue weighted by Crippen LogP contribution is -2.61. The van der Waals surface area contributed by atoms with E-state index in [0.29, 0.717) is 18.2 Å². The molecule has 2 N–H and O–H groups in total. The maximum Gasteiger partial charge on any atom is 0.341 e. The molecule has 2 heterocycles. The second-order valence-corrected chi connectivity index (χ2v) is 7.17. The second-order valence-electron chi connectivity index (χ2n) is 7.17. The number of carbonyl (C=O) groups excluding carboxylic acids is 1. The van der Waals surface area contributed by atoms with E-state index in [0.717, 1.165) is 18.6 Å². The average molecular weight is 294 g/mol. The minimum atomic E-state index is -0.367. The van der Waals surface area contributed by atoms with Crippen LogP contribution in [-0.4, -0.2) is 30.2 Å². The summed E-state index contributed by atoms with van der Waals surface area (Å²) >= 11 is 0. The van der Waals surface area contributed by atoms with Crippen molar-refractivity contribution in [1.29, 1.82) is 0 Å². The van der Waals surface area contributed by atoms with E-state index in [1.54, 1.807) is 6.07 Å². The van der Waals surface area contributed by atoms with Gasteiger partial charge in [-0.3, -0.25) is 0 Å². The van der Waals surface area contributed by atoms with Gasteiger partial charge in [0.25, 0.3) is 0 Å². The number of furan rings is 1. The zero-order valence-corrected chi connectivity index (χ0v) is 13.6. The maximum absolute atomic E-state index is 11.4. The minimum absolute atomic E-state index is 0.111. The molecule has 0 atom stereocenters. The molecular weight excluding hydrogens is 268 g/mol. The Kier molecular flexibility index (Phi) is 4.44. The summed E-state index contributed by atoms with van der Waals surface area (Å²) in [6, 6.07) is 2.15. The van der Waals surface area contributed by atoms with Gasteiger partial charge >= 0.3 is 5.97 Å². The molecule has 118 valence electrons. The molecular formula is C16H26N2O3. The number of methoxy groups -OCH3 is 1. The van der Waals surface area contributed by atoms with E-state index in [4.69, 9.17) is 4.42 Å². The lowest BCUT2D eigenvalue weighted by atomic mass is 9.79. The van der Waals surface area contributed by atoms with Crippen molar-refractivity contribution in [2.45, 2.75) is 64.2 Å². The molecule has 0 saturated carbocycles. The van der Waals surface area contributed by atoms with Gasteiger partial charge < -0.3 is 19.8 Å². The van der Waals surface area contributed by atoms with Crippen molar-refractivity contribution in [2.75, 3.05) is 7.11 Å². The zero-order chi connectivity index (χ0) is 15.7. The minimum Gasteiger partial charge on any atom is -0.467 e. The monoisotopic (exact) mass is 294 g/mol. The Balaban J connectivity index is 1.93. The Morgan fingerprint density at radius 3 is 2.57 bits per heavy atom. The number of piperidine rings is 1. The molecule has 1 fully saturated rings. The van der Waals surface area contributed by atoms with Gasteiger partial charge in [0.1, 0.15) is 12.0 Å². The predicted octanol–water partition coefficient (Wildman–Crippen LogP) is 2.47. The summed E-state index contributed by atoms with van der Waals surface area (Å²) in [5.74, 6) is 0.388. The van der Waals surface area contributed by atoms with Gasteiger partial charge in [0, 0.05) is 17.1 Å². The summed E-state index contributed by atoms with van der Waals surface area (Å²) in [4.78, 5) is 11.4. The fourth-order valence-electron chi connectivity index (χ4n) is 3.41. The number of ether oxygens (including phenoxy) is 1. The third-order valence-corrected chi connectivity index (χ3v) is 3.83. The van der Waals surface area contributed by atoms with Crippen molar-refractivity contribution in [2.24, 2.45) is 0 Å². The van der Waals surface area contributed by atoms with Crippen LogP contribution < -0.4 is 10.6 Å². The SMILES string of the molecule is COC(=O)c1coc(CNC2CC(C)(C)NC(C)(C)C2)c1. The van der Waals surface area contributed by atoms with Crippen molar-refractivity contribution in [3.63, 3.8) is 0 Å². The summed E-state index contributed by atoms with van der Waals surface area (Å²) in [6.45, 7) is 9.53. The third kappa shape index (κ3) is 4.32. The second kappa shape index (κ2) is 5.81. The number of rotatable bonds is 4. The first-order valence-corrected chi connectivity index (χ1v) is 7.39. The van der Waals surface area contributed by atoms with Crippen LogP contribution in [0.4, 0.5) is 0 Å². The maximum atomic E-state index is 11.4. The average Bonchev–Trinajstić information content (AvgIpc) is 2.80. The normalized spacial score (nSPS) is 21.2. The molecule has 0 amide bonds. The molecule has 1 aromatic rings. The standard InChI is InChI=1S/C16H26N2O3/c1-15(2)7-12(8-16(3,4)18-15)17-9-13-6-11(10-21-13)14(19)20-5/h6,10,12,17-18H,7-9H2,1-5H3. The largest absolute Gasteiger partial charge is 0.467 e. The molecule has 1 aliphatic rings. The van der Waals surface area contributed by atoms with Gasteiger partial charge in [-0.05, 0) is 46.6 Å². The van der Waals surface area contributed by atoms with E-state index < -0.39 is 0 Å². The Morgan fingerprint density at radius 1 is 1.38 bits per heavy atom. The summed E-state index contributed by atoms with van der Waals surface area (Å²) in [5, 5.41) is 7.20. The van der Waals surface area contributed by atoms with E-state index in [9.17, 15) is 4.79 Å². The van der Waals surface area contributed by atoms with E-state index >= 15 is 0 Å². The topological polar surface area (TPSA) is 63.5 Å². The fourth-order valence-corrected chi connectivity index (χ4v) is 3.41. The first-order chi connectivity index (χ1) is 9.71. The highest BCUT2D eigenvalue weighted by molar-refractivity contribution is 5.88. The summed E-state index contributed by atoms with van der Waals surface area (Å²) < 4.78 is 10.1. The Morgan fingerprint density at radius 2 is 2.00 bits per heavy atom. The van der Waals surface area contributed by atoms with Crippen LogP contribution in [0.25, 0.3) is 0 Å². The van der Waals surface area contributed by atoms with Gasteiger partial charge in [-0.25, -0.2) is 4.79 Å². The molecule has 0 bridgehead atoms. The molecule has 5 nitrogen and oxygen atoms in total.